The van der Waals surface area contributed by atoms with Crippen LogP contribution in [0.3, 0.4) is 0 Å². The van der Waals surface area contributed by atoms with Gasteiger partial charge in [0.1, 0.15) is 0 Å². The Kier molecular flexibility index (Phi) is 2.56. The molecular weight excluding hydrogens is 181 g/mol. The SMILES string of the molecule is C[C@H](N)c1ncccc1C(F)(F)F. The Hall–Kier alpha value is -1.10. The molecule has 1 atom stereocenters. The van der Waals surface area contributed by atoms with E-state index in [-0.39, 0.29) is 5.69 Å². The summed E-state index contributed by atoms with van der Waals surface area (Å²) in [6.45, 7) is 1.47. The summed E-state index contributed by atoms with van der Waals surface area (Å²) < 4.78 is 36.9. The predicted molar refractivity (Wildman–Crippen MR) is 41.8 cm³/mol. The van der Waals surface area contributed by atoms with Gasteiger partial charge in [-0.05, 0) is 19.1 Å². The van der Waals surface area contributed by atoms with E-state index in [0.717, 1.165) is 6.07 Å². The summed E-state index contributed by atoms with van der Waals surface area (Å²) in [5, 5.41) is 0. The van der Waals surface area contributed by atoms with Crippen molar-refractivity contribution in [1.29, 1.82) is 0 Å². The van der Waals surface area contributed by atoms with Gasteiger partial charge in [-0.2, -0.15) is 13.2 Å². The molecule has 0 radical (unpaired) electrons. The number of nitrogens with two attached hydrogens (primary N) is 1. The van der Waals surface area contributed by atoms with Crippen LogP contribution >= 0.6 is 0 Å². The summed E-state index contributed by atoms with van der Waals surface area (Å²) in [7, 11) is 0. The van der Waals surface area contributed by atoms with Gasteiger partial charge < -0.3 is 5.73 Å². The van der Waals surface area contributed by atoms with E-state index in [1.54, 1.807) is 0 Å². The Morgan fingerprint density at radius 2 is 2.08 bits per heavy atom. The van der Waals surface area contributed by atoms with E-state index in [1.807, 2.05) is 0 Å². The van der Waals surface area contributed by atoms with Gasteiger partial charge in [-0.25, -0.2) is 0 Å². The van der Waals surface area contributed by atoms with Gasteiger partial charge in [0.05, 0.1) is 11.3 Å². The van der Waals surface area contributed by atoms with E-state index in [2.05, 4.69) is 4.98 Å². The Morgan fingerprint density at radius 1 is 1.46 bits per heavy atom. The lowest BCUT2D eigenvalue weighted by Crippen LogP contribution is -2.16. The molecule has 72 valence electrons. The van der Waals surface area contributed by atoms with Gasteiger partial charge in [-0.1, -0.05) is 0 Å². The molecule has 1 heterocycles. The fourth-order valence-corrected chi connectivity index (χ4v) is 1.02. The molecule has 2 N–H and O–H groups in total. The Labute approximate surface area is 73.6 Å². The predicted octanol–water partition coefficient (Wildman–Crippen LogP) is 2.12. The van der Waals surface area contributed by atoms with Gasteiger partial charge in [-0.3, -0.25) is 4.98 Å². The molecule has 0 aliphatic heterocycles. The van der Waals surface area contributed by atoms with Gasteiger partial charge in [-0.15, -0.1) is 0 Å². The Morgan fingerprint density at radius 3 is 2.46 bits per heavy atom. The van der Waals surface area contributed by atoms with Gasteiger partial charge in [0.25, 0.3) is 0 Å². The fraction of sp³-hybridized carbons (Fsp3) is 0.375. The zero-order valence-electron chi connectivity index (χ0n) is 6.97. The molecule has 0 spiro atoms. The van der Waals surface area contributed by atoms with Gasteiger partial charge in [0.2, 0.25) is 0 Å². The van der Waals surface area contributed by atoms with E-state index in [9.17, 15) is 13.2 Å². The number of hydrogen-bond acceptors (Lipinski definition) is 2. The van der Waals surface area contributed by atoms with Gasteiger partial charge in [0.15, 0.2) is 0 Å². The number of pyridine rings is 1. The standard InChI is InChI=1S/C8H9F3N2/c1-5(12)7-6(8(9,10)11)3-2-4-13-7/h2-5H,12H2,1H3/t5-/m0/s1. The third-order valence-electron chi connectivity index (χ3n) is 1.58. The zero-order chi connectivity index (χ0) is 10.1. The van der Waals surface area contributed by atoms with Crippen molar-refractivity contribution < 1.29 is 13.2 Å². The molecule has 5 heteroatoms. The van der Waals surface area contributed by atoms with Crippen LogP contribution in [0.25, 0.3) is 0 Å². The lowest BCUT2D eigenvalue weighted by molar-refractivity contribution is -0.138. The van der Waals surface area contributed by atoms with Crippen LogP contribution in [-0.4, -0.2) is 4.98 Å². The van der Waals surface area contributed by atoms with Crippen LogP contribution in [0.2, 0.25) is 0 Å². The topological polar surface area (TPSA) is 38.9 Å². The molecule has 1 aromatic rings. The highest BCUT2D eigenvalue weighted by atomic mass is 19.4. The highest BCUT2D eigenvalue weighted by Gasteiger charge is 2.34. The van der Waals surface area contributed by atoms with E-state index in [1.165, 1.54) is 19.2 Å². The highest BCUT2D eigenvalue weighted by molar-refractivity contribution is 5.24. The summed E-state index contributed by atoms with van der Waals surface area (Å²) in [4.78, 5) is 3.60. The number of alkyl halides is 3. The largest absolute Gasteiger partial charge is 0.418 e. The summed E-state index contributed by atoms with van der Waals surface area (Å²) in [6, 6.07) is 1.51. The number of halogens is 3. The first-order valence-electron chi connectivity index (χ1n) is 3.70. The molecule has 0 amide bonds. The normalized spacial score (nSPS) is 14.2. The third-order valence-corrected chi connectivity index (χ3v) is 1.58. The molecule has 0 aliphatic carbocycles. The molecule has 0 aromatic carbocycles. The van der Waals surface area contributed by atoms with E-state index in [0.29, 0.717) is 0 Å². The van der Waals surface area contributed by atoms with E-state index in [4.69, 9.17) is 5.73 Å². The number of aromatic nitrogens is 1. The summed E-state index contributed by atoms with van der Waals surface area (Å²) in [5.41, 5.74) is 4.47. The number of hydrogen-bond donors (Lipinski definition) is 1. The van der Waals surface area contributed by atoms with Crippen molar-refractivity contribution in [3.8, 4) is 0 Å². The van der Waals surface area contributed by atoms with Crippen molar-refractivity contribution in [2.45, 2.75) is 19.1 Å². The van der Waals surface area contributed by atoms with Crippen molar-refractivity contribution >= 4 is 0 Å². The van der Waals surface area contributed by atoms with Crippen molar-refractivity contribution in [1.82, 2.24) is 4.98 Å². The van der Waals surface area contributed by atoms with Gasteiger partial charge >= 0.3 is 6.18 Å². The monoisotopic (exact) mass is 190 g/mol. The van der Waals surface area contributed by atoms with Gasteiger partial charge in [0, 0.05) is 12.2 Å². The van der Waals surface area contributed by atoms with E-state index >= 15 is 0 Å². The minimum atomic E-state index is -4.38. The zero-order valence-corrected chi connectivity index (χ0v) is 6.97. The second-order valence-electron chi connectivity index (χ2n) is 2.72. The smallest absolute Gasteiger partial charge is 0.323 e. The molecule has 2 nitrogen and oxygen atoms in total. The van der Waals surface area contributed by atoms with E-state index < -0.39 is 17.8 Å². The first-order chi connectivity index (χ1) is 5.93. The molecule has 0 bridgehead atoms. The summed E-state index contributed by atoms with van der Waals surface area (Å²) >= 11 is 0. The second-order valence-corrected chi connectivity index (χ2v) is 2.72. The van der Waals surface area contributed by atoms with Crippen LogP contribution in [0.5, 0.6) is 0 Å². The Bertz CT molecular complexity index is 294. The van der Waals surface area contributed by atoms with Crippen LogP contribution in [-0.2, 0) is 6.18 Å². The first kappa shape index (κ1) is 9.98. The molecular formula is C8H9F3N2. The van der Waals surface area contributed by atoms with Crippen LogP contribution in [0, 0.1) is 0 Å². The third kappa shape index (κ3) is 2.18. The van der Waals surface area contributed by atoms with Crippen molar-refractivity contribution in [3.63, 3.8) is 0 Å². The number of rotatable bonds is 1. The number of nitrogens with zero attached hydrogens (tertiary/aromatic N) is 1. The molecule has 0 unspecified atom stereocenters. The molecule has 13 heavy (non-hydrogen) atoms. The van der Waals surface area contributed by atoms with Crippen LogP contribution in [0.4, 0.5) is 13.2 Å². The van der Waals surface area contributed by atoms with Crippen LogP contribution in [0.15, 0.2) is 18.3 Å². The van der Waals surface area contributed by atoms with Crippen LogP contribution < -0.4 is 5.73 Å². The quantitative estimate of drug-likeness (QED) is 0.736. The molecule has 0 aliphatic rings. The lowest BCUT2D eigenvalue weighted by atomic mass is 10.1. The Balaban J connectivity index is 3.20. The molecule has 1 aromatic heterocycles. The molecule has 0 saturated carbocycles. The highest BCUT2D eigenvalue weighted by Crippen LogP contribution is 2.32. The maximum absolute atomic E-state index is 12.3. The van der Waals surface area contributed by atoms with Crippen LogP contribution in [0.1, 0.15) is 24.2 Å². The van der Waals surface area contributed by atoms with Crippen molar-refractivity contribution in [2.24, 2.45) is 5.73 Å². The minimum Gasteiger partial charge on any atom is -0.323 e. The second kappa shape index (κ2) is 3.33. The average molecular weight is 190 g/mol. The fourth-order valence-electron chi connectivity index (χ4n) is 1.02. The maximum Gasteiger partial charge on any atom is 0.418 e. The summed E-state index contributed by atoms with van der Waals surface area (Å²) in [5.74, 6) is 0. The van der Waals surface area contributed by atoms with Crippen molar-refractivity contribution in [2.75, 3.05) is 0 Å². The lowest BCUT2D eigenvalue weighted by Gasteiger charge is -2.13. The minimum absolute atomic E-state index is 0.116. The maximum atomic E-state index is 12.3. The average Bonchev–Trinajstić information content (AvgIpc) is 2.03. The molecule has 0 saturated heterocycles. The summed E-state index contributed by atoms with van der Waals surface area (Å²) in [6.07, 6.45) is -3.08. The molecule has 1 rings (SSSR count). The first-order valence-corrected chi connectivity index (χ1v) is 3.70. The van der Waals surface area contributed by atoms with Crippen molar-refractivity contribution in [3.05, 3.63) is 29.6 Å². The molecule has 0 fully saturated rings.